The average molecular weight is 380 g/mol. The number of Topliss-reactive ketones (excluding diaryl/α,β-unsaturated/α-hetero) is 1. The molecule has 0 fully saturated rings. The van der Waals surface area contributed by atoms with Crippen molar-refractivity contribution in [1.29, 1.82) is 0 Å². The van der Waals surface area contributed by atoms with Crippen LogP contribution in [-0.4, -0.2) is 42.7 Å². The number of hydrogen-bond acceptors (Lipinski definition) is 8. The molecule has 0 aliphatic rings. The Labute approximate surface area is 153 Å². The lowest BCUT2D eigenvalue weighted by molar-refractivity contribution is -0.144. The molecule has 0 spiro atoms. The number of fused-ring (bicyclic) bond motifs is 1. The first-order valence-electron chi connectivity index (χ1n) is 8.03. The smallest absolute Gasteiger partial charge is 0.332 e. The summed E-state index contributed by atoms with van der Waals surface area (Å²) in [7, 11) is 2.85. The van der Waals surface area contributed by atoms with Gasteiger partial charge in [-0.1, -0.05) is 18.7 Å². The van der Waals surface area contributed by atoms with Gasteiger partial charge >= 0.3 is 11.7 Å². The maximum Gasteiger partial charge on any atom is 0.332 e. The van der Waals surface area contributed by atoms with Crippen LogP contribution in [0.25, 0.3) is 11.0 Å². The van der Waals surface area contributed by atoms with Gasteiger partial charge in [-0.2, -0.15) is 0 Å². The maximum atomic E-state index is 12.6. The molecule has 0 saturated carbocycles. The predicted octanol–water partition coefficient (Wildman–Crippen LogP) is 0.202. The molecule has 0 saturated heterocycles. The number of carbonyl (C=O) groups is 2. The van der Waals surface area contributed by atoms with Crippen LogP contribution >= 0.6 is 11.8 Å². The molecule has 26 heavy (non-hydrogen) atoms. The van der Waals surface area contributed by atoms with Crippen molar-refractivity contribution in [2.24, 2.45) is 14.1 Å². The van der Waals surface area contributed by atoms with Crippen molar-refractivity contribution in [2.75, 3.05) is 6.61 Å². The van der Waals surface area contributed by atoms with Crippen LogP contribution in [0.1, 0.15) is 26.6 Å². The minimum absolute atomic E-state index is 0.0901. The zero-order valence-electron chi connectivity index (χ0n) is 15.2. The van der Waals surface area contributed by atoms with Gasteiger partial charge in [0, 0.05) is 20.5 Å². The van der Waals surface area contributed by atoms with E-state index in [0.29, 0.717) is 12.2 Å². The van der Waals surface area contributed by atoms with E-state index >= 15 is 0 Å². The Morgan fingerprint density at radius 3 is 2.35 bits per heavy atom. The molecule has 0 bridgehead atoms. The first kappa shape index (κ1) is 19.8. The number of aromatic nitrogens is 4. The lowest BCUT2D eigenvalue weighted by Crippen LogP contribution is -2.38. The van der Waals surface area contributed by atoms with E-state index in [1.165, 1.54) is 25.6 Å². The molecular weight excluding hydrogens is 360 g/mol. The number of rotatable bonds is 6. The van der Waals surface area contributed by atoms with Crippen LogP contribution in [0, 0.1) is 0 Å². The fourth-order valence-corrected chi connectivity index (χ4v) is 3.35. The lowest BCUT2D eigenvalue weighted by atomic mass is 10.3. The summed E-state index contributed by atoms with van der Waals surface area (Å²) >= 11 is 0.837. The molecule has 2 heterocycles. The summed E-state index contributed by atoms with van der Waals surface area (Å²) < 4.78 is 7.12. The molecule has 10 heteroatoms. The van der Waals surface area contributed by atoms with Crippen LogP contribution < -0.4 is 11.2 Å². The Morgan fingerprint density at radius 2 is 1.81 bits per heavy atom. The summed E-state index contributed by atoms with van der Waals surface area (Å²) in [5.74, 6) is -0.717. The second-order valence-corrected chi connectivity index (χ2v) is 6.66. The second-order valence-electron chi connectivity index (χ2n) is 5.56. The van der Waals surface area contributed by atoms with Gasteiger partial charge in [0.2, 0.25) is 0 Å². The summed E-state index contributed by atoms with van der Waals surface area (Å²) in [6.07, 6.45) is 0.455. The minimum Gasteiger partial charge on any atom is -0.465 e. The fraction of sp³-hybridized carbons (Fsp3) is 0.500. The number of ketones is 1. The Balaban J connectivity index is 2.77. The molecule has 0 aliphatic carbocycles. The van der Waals surface area contributed by atoms with Crippen LogP contribution in [-0.2, 0) is 34.8 Å². The Kier molecular flexibility index (Phi) is 5.96. The molecule has 0 aliphatic heterocycles. The van der Waals surface area contributed by atoms with Gasteiger partial charge in [0.15, 0.2) is 16.7 Å². The van der Waals surface area contributed by atoms with Crippen molar-refractivity contribution in [3.63, 3.8) is 0 Å². The van der Waals surface area contributed by atoms with Gasteiger partial charge in [-0.05, 0) is 13.8 Å². The molecule has 0 unspecified atom stereocenters. The van der Waals surface area contributed by atoms with Crippen molar-refractivity contribution in [2.45, 2.75) is 37.5 Å². The Bertz CT molecular complexity index is 995. The highest BCUT2D eigenvalue weighted by Gasteiger charge is 2.29. The molecule has 0 radical (unpaired) electrons. The molecule has 1 atom stereocenters. The number of thioether (sulfide) groups is 1. The van der Waals surface area contributed by atoms with Crippen molar-refractivity contribution >= 4 is 34.5 Å². The van der Waals surface area contributed by atoms with Crippen LogP contribution in [0.2, 0.25) is 0 Å². The van der Waals surface area contributed by atoms with Gasteiger partial charge in [0.1, 0.15) is 16.2 Å². The summed E-state index contributed by atoms with van der Waals surface area (Å²) in [5.41, 5.74) is -0.939. The van der Waals surface area contributed by atoms with Gasteiger partial charge in [-0.15, -0.1) is 0 Å². The quantitative estimate of drug-likeness (QED) is 0.302. The summed E-state index contributed by atoms with van der Waals surface area (Å²) in [6.45, 7) is 4.86. The third-order valence-electron chi connectivity index (χ3n) is 3.73. The van der Waals surface area contributed by atoms with E-state index in [4.69, 9.17) is 4.74 Å². The number of ether oxygens (including phenoxy) is 1. The highest BCUT2D eigenvalue weighted by atomic mass is 32.2. The SMILES string of the molecule is CCOC(=O)[C@H](Sc1nc(CC)nc2c1c(=O)n(C)c(=O)n2C)C(C)=O. The Morgan fingerprint density at radius 1 is 1.15 bits per heavy atom. The zero-order valence-corrected chi connectivity index (χ0v) is 16.0. The number of esters is 1. The molecule has 0 amide bonds. The largest absolute Gasteiger partial charge is 0.465 e. The molecule has 9 nitrogen and oxygen atoms in total. The van der Waals surface area contributed by atoms with E-state index in [0.717, 1.165) is 16.3 Å². The maximum absolute atomic E-state index is 12.6. The molecule has 0 N–H and O–H groups in total. The van der Waals surface area contributed by atoms with Crippen molar-refractivity contribution < 1.29 is 14.3 Å². The van der Waals surface area contributed by atoms with Crippen molar-refractivity contribution in [1.82, 2.24) is 19.1 Å². The van der Waals surface area contributed by atoms with E-state index in [9.17, 15) is 19.2 Å². The number of nitrogens with zero attached hydrogens (tertiary/aromatic N) is 4. The molecule has 0 aromatic carbocycles. The van der Waals surface area contributed by atoms with E-state index in [1.807, 2.05) is 6.92 Å². The first-order valence-corrected chi connectivity index (χ1v) is 8.91. The summed E-state index contributed by atoms with van der Waals surface area (Å²) in [5, 5.41) is -0.886. The summed E-state index contributed by atoms with van der Waals surface area (Å²) in [4.78, 5) is 57.4. The van der Waals surface area contributed by atoms with Crippen LogP contribution in [0.3, 0.4) is 0 Å². The molecular formula is C16H20N4O5S. The Hall–Kier alpha value is -2.49. The van der Waals surface area contributed by atoms with Crippen LogP contribution in [0.4, 0.5) is 0 Å². The third kappa shape index (κ3) is 3.55. The topological polar surface area (TPSA) is 113 Å². The van der Waals surface area contributed by atoms with Crippen molar-refractivity contribution in [3.05, 3.63) is 26.7 Å². The molecule has 140 valence electrons. The molecule has 2 rings (SSSR count). The van der Waals surface area contributed by atoms with E-state index in [2.05, 4.69) is 9.97 Å². The minimum atomic E-state index is -1.15. The standard InChI is InChI=1S/C16H20N4O5S/c1-6-9-17-12-10(14(22)20(5)16(24)19(12)4)13(18-9)26-11(8(3)21)15(23)25-7-2/h11H,6-7H2,1-5H3/t11-/m1/s1. The summed E-state index contributed by atoms with van der Waals surface area (Å²) in [6, 6.07) is 0. The van der Waals surface area contributed by atoms with Crippen LogP contribution in [0.15, 0.2) is 14.6 Å². The monoisotopic (exact) mass is 380 g/mol. The number of hydrogen-bond donors (Lipinski definition) is 0. The van der Waals surface area contributed by atoms with Gasteiger partial charge in [-0.3, -0.25) is 23.5 Å². The average Bonchev–Trinajstić information content (AvgIpc) is 2.61. The highest BCUT2D eigenvalue weighted by molar-refractivity contribution is 8.01. The van der Waals surface area contributed by atoms with E-state index in [-0.39, 0.29) is 22.7 Å². The van der Waals surface area contributed by atoms with E-state index < -0.39 is 28.3 Å². The lowest BCUT2D eigenvalue weighted by Gasteiger charge is -2.15. The van der Waals surface area contributed by atoms with Gasteiger partial charge in [0.05, 0.1) is 6.61 Å². The third-order valence-corrected chi connectivity index (χ3v) is 5.01. The number of aryl methyl sites for hydroxylation is 2. The number of carbonyl (C=O) groups excluding carboxylic acids is 2. The van der Waals surface area contributed by atoms with Crippen molar-refractivity contribution in [3.8, 4) is 0 Å². The second kappa shape index (κ2) is 7.81. The predicted molar refractivity (Wildman–Crippen MR) is 96.4 cm³/mol. The van der Waals surface area contributed by atoms with Gasteiger partial charge in [0.25, 0.3) is 5.56 Å². The zero-order chi connectivity index (χ0) is 19.6. The first-order chi connectivity index (χ1) is 12.2. The van der Waals surface area contributed by atoms with Gasteiger partial charge in [-0.25, -0.2) is 14.8 Å². The highest BCUT2D eigenvalue weighted by Crippen LogP contribution is 2.28. The molecule has 2 aromatic heterocycles. The normalized spacial score (nSPS) is 12.2. The van der Waals surface area contributed by atoms with E-state index in [1.54, 1.807) is 6.92 Å². The van der Waals surface area contributed by atoms with Crippen LogP contribution in [0.5, 0.6) is 0 Å². The fourth-order valence-electron chi connectivity index (χ4n) is 2.34. The molecule has 2 aromatic rings. The van der Waals surface area contributed by atoms with Gasteiger partial charge < -0.3 is 4.74 Å².